The minimum Gasteiger partial charge on any atom is -0.493 e. The average Bonchev–Trinajstić information content (AvgIpc) is 2.54. The molecule has 138 valence electrons. The van der Waals surface area contributed by atoms with Gasteiger partial charge in [0.1, 0.15) is 0 Å². The number of carbonyl (C=O) groups is 2. The highest BCUT2D eigenvalue weighted by atomic mass is 19.4. The molecule has 0 unspecified atom stereocenters. The zero-order valence-corrected chi connectivity index (χ0v) is 14.1. The Morgan fingerprint density at radius 2 is 1.72 bits per heavy atom. The molecule has 0 aliphatic rings. The molecule has 1 aromatic rings. The lowest BCUT2D eigenvalue weighted by Gasteiger charge is -2.15. The molecule has 0 aliphatic heterocycles. The van der Waals surface area contributed by atoms with Crippen LogP contribution in [-0.4, -0.2) is 38.9 Å². The minimum absolute atomic E-state index is 0.117. The lowest BCUT2D eigenvalue weighted by Crippen LogP contribution is -2.30. The van der Waals surface area contributed by atoms with Crippen molar-refractivity contribution in [2.45, 2.75) is 20.0 Å². The van der Waals surface area contributed by atoms with Crippen molar-refractivity contribution in [3.05, 3.63) is 23.3 Å². The third kappa shape index (κ3) is 5.40. The molecule has 0 radical (unpaired) electrons. The molecular formula is C16H18F3NO5. The second kappa shape index (κ2) is 8.41. The Labute approximate surface area is 142 Å². The number of rotatable bonds is 6. The van der Waals surface area contributed by atoms with Gasteiger partial charge in [-0.3, -0.25) is 4.79 Å². The first-order valence-electron chi connectivity index (χ1n) is 7.13. The van der Waals surface area contributed by atoms with Crippen LogP contribution in [0, 0.1) is 0 Å². The fourth-order valence-electron chi connectivity index (χ4n) is 1.85. The molecule has 0 saturated carbocycles. The number of ether oxygens (including phenoxy) is 3. The summed E-state index contributed by atoms with van der Waals surface area (Å²) in [5.41, 5.74) is 0.0704. The summed E-state index contributed by atoms with van der Waals surface area (Å²) >= 11 is 0. The van der Waals surface area contributed by atoms with E-state index < -0.39 is 18.1 Å². The molecule has 1 aromatic carbocycles. The minimum atomic E-state index is -5.07. The van der Waals surface area contributed by atoms with Crippen LogP contribution in [0.3, 0.4) is 0 Å². The van der Waals surface area contributed by atoms with Gasteiger partial charge in [-0.2, -0.15) is 13.2 Å². The van der Waals surface area contributed by atoms with E-state index in [2.05, 4.69) is 0 Å². The second-order valence-corrected chi connectivity index (χ2v) is 4.79. The van der Waals surface area contributed by atoms with Gasteiger partial charge in [-0.25, -0.2) is 4.79 Å². The van der Waals surface area contributed by atoms with Gasteiger partial charge in [0.15, 0.2) is 11.5 Å². The van der Waals surface area contributed by atoms with Gasteiger partial charge in [0, 0.05) is 17.2 Å². The van der Waals surface area contributed by atoms with Crippen LogP contribution in [0.5, 0.6) is 11.5 Å². The van der Waals surface area contributed by atoms with Gasteiger partial charge in [-0.15, -0.1) is 0 Å². The molecule has 0 aliphatic carbocycles. The Balaban J connectivity index is 3.39. The number of esters is 1. The van der Waals surface area contributed by atoms with Gasteiger partial charge in [-0.1, -0.05) is 0 Å². The molecule has 0 spiro atoms. The number of halogens is 3. The zero-order valence-electron chi connectivity index (χ0n) is 14.1. The Hall–Kier alpha value is -2.71. The van der Waals surface area contributed by atoms with E-state index in [1.807, 2.05) is 0 Å². The average molecular weight is 361 g/mol. The number of benzene rings is 1. The molecule has 25 heavy (non-hydrogen) atoms. The summed E-state index contributed by atoms with van der Waals surface area (Å²) in [5.74, 6) is -2.45. The van der Waals surface area contributed by atoms with Crippen LogP contribution in [-0.2, 0) is 14.3 Å². The Morgan fingerprint density at radius 3 is 2.20 bits per heavy atom. The predicted octanol–water partition coefficient (Wildman–Crippen LogP) is 3.17. The summed E-state index contributed by atoms with van der Waals surface area (Å²) in [6.07, 6.45) is -3.78. The van der Waals surface area contributed by atoms with E-state index in [4.69, 9.17) is 14.2 Å². The Morgan fingerprint density at radius 1 is 1.16 bits per heavy atom. The van der Waals surface area contributed by atoms with E-state index in [1.165, 1.54) is 39.4 Å². The number of alkyl halides is 3. The summed E-state index contributed by atoms with van der Waals surface area (Å²) < 4.78 is 52.5. The first kappa shape index (κ1) is 20.3. The van der Waals surface area contributed by atoms with Gasteiger partial charge < -0.3 is 19.5 Å². The normalized spacial score (nSPS) is 11.7. The molecule has 0 aromatic heterocycles. The smallest absolute Gasteiger partial charge is 0.471 e. The first-order valence-corrected chi connectivity index (χ1v) is 7.13. The standard InChI is InChI=1S/C16H18F3NO5/c1-5-25-14(21)9(2)6-10-7-12(23-3)13(24-4)8-11(10)20-15(22)16(17,18)19/h6-8H,5H2,1-4H3,(H,20,22). The summed E-state index contributed by atoms with van der Waals surface area (Å²) in [6, 6.07) is 2.51. The number of hydrogen-bond donors (Lipinski definition) is 1. The number of nitrogens with one attached hydrogen (secondary N) is 1. The van der Waals surface area contributed by atoms with E-state index in [9.17, 15) is 22.8 Å². The maximum absolute atomic E-state index is 12.5. The Bertz CT molecular complexity index is 683. The predicted molar refractivity (Wildman–Crippen MR) is 84.5 cm³/mol. The van der Waals surface area contributed by atoms with Crippen LogP contribution in [0.25, 0.3) is 6.08 Å². The van der Waals surface area contributed by atoms with Crippen molar-refractivity contribution in [1.82, 2.24) is 0 Å². The van der Waals surface area contributed by atoms with E-state index >= 15 is 0 Å². The van der Waals surface area contributed by atoms with Gasteiger partial charge >= 0.3 is 18.1 Å². The second-order valence-electron chi connectivity index (χ2n) is 4.79. The fraction of sp³-hybridized carbons (Fsp3) is 0.375. The monoisotopic (exact) mass is 361 g/mol. The SMILES string of the molecule is CCOC(=O)C(C)=Cc1cc(OC)c(OC)cc1NC(=O)C(F)(F)F. The fourth-order valence-corrected chi connectivity index (χ4v) is 1.85. The lowest BCUT2D eigenvalue weighted by molar-refractivity contribution is -0.167. The molecule has 9 heteroatoms. The van der Waals surface area contributed by atoms with Crippen LogP contribution >= 0.6 is 0 Å². The molecule has 0 bridgehead atoms. The third-order valence-electron chi connectivity index (χ3n) is 3.03. The summed E-state index contributed by atoms with van der Waals surface area (Å²) in [4.78, 5) is 22.9. The number of anilines is 1. The van der Waals surface area contributed by atoms with Crippen LogP contribution in [0.2, 0.25) is 0 Å². The molecule has 0 heterocycles. The van der Waals surface area contributed by atoms with Crippen LogP contribution < -0.4 is 14.8 Å². The van der Waals surface area contributed by atoms with Crippen molar-refractivity contribution in [2.24, 2.45) is 0 Å². The molecule has 0 fully saturated rings. The maximum atomic E-state index is 12.5. The van der Waals surface area contributed by atoms with E-state index in [0.29, 0.717) is 0 Å². The number of methoxy groups -OCH3 is 2. The lowest BCUT2D eigenvalue weighted by atomic mass is 10.1. The van der Waals surface area contributed by atoms with Crippen molar-refractivity contribution in [3.8, 4) is 11.5 Å². The van der Waals surface area contributed by atoms with Crippen molar-refractivity contribution in [2.75, 3.05) is 26.1 Å². The topological polar surface area (TPSA) is 73.9 Å². The molecule has 6 nitrogen and oxygen atoms in total. The van der Waals surface area contributed by atoms with Crippen LogP contribution in [0.1, 0.15) is 19.4 Å². The van der Waals surface area contributed by atoms with Crippen molar-refractivity contribution < 1.29 is 37.0 Å². The van der Waals surface area contributed by atoms with Gasteiger partial charge in [0.25, 0.3) is 0 Å². The maximum Gasteiger partial charge on any atom is 0.471 e. The van der Waals surface area contributed by atoms with Gasteiger partial charge in [-0.05, 0) is 26.0 Å². The highest BCUT2D eigenvalue weighted by Crippen LogP contribution is 2.35. The van der Waals surface area contributed by atoms with E-state index in [-0.39, 0.29) is 34.9 Å². The molecule has 0 atom stereocenters. The third-order valence-corrected chi connectivity index (χ3v) is 3.03. The van der Waals surface area contributed by atoms with Crippen molar-refractivity contribution in [1.29, 1.82) is 0 Å². The molecule has 1 amide bonds. The quantitative estimate of drug-likeness (QED) is 0.622. The molecule has 0 saturated heterocycles. The summed E-state index contributed by atoms with van der Waals surface area (Å²) in [5, 5.41) is 1.76. The van der Waals surface area contributed by atoms with Gasteiger partial charge in [0.2, 0.25) is 0 Å². The van der Waals surface area contributed by atoms with Crippen LogP contribution in [0.4, 0.5) is 18.9 Å². The Kier molecular flexibility index (Phi) is 6.84. The largest absolute Gasteiger partial charge is 0.493 e. The molecule has 1 rings (SSSR count). The number of hydrogen-bond acceptors (Lipinski definition) is 5. The molecular weight excluding hydrogens is 343 g/mol. The van der Waals surface area contributed by atoms with Gasteiger partial charge in [0.05, 0.1) is 26.5 Å². The summed E-state index contributed by atoms with van der Waals surface area (Å²) in [6.45, 7) is 3.20. The highest BCUT2D eigenvalue weighted by molar-refractivity contribution is 5.99. The van der Waals surface area contributed by atoms with Crippen molar-refractivity contribution >= 4 is 23.6 Å². The van der Waals surface area contributed by atoms with Crippen LogP contribution in [0.15, 0.2) is 17.7 Å². The first-order chi connectivity index (χ1) is 11.6. The highest BCUT2D eigenvalue weighted by Gasteiger charge is 2.39. The zero-order chi connectivity index (χ0) is 19.2. The number of amides is 1. The van der Waals surface area contributed by atoms with E-state index in [1.54, 1.807) is 12.2 Å². The van der Waals surface area contributed by atoms with E-state index in [0.717, 1.165) is 0 Å². The molecule has 1 N–H and O–H groups in total. The summed E-state index contributed by atoms with van der Waals surface area (Å²) in [7, 11) is 2.64. The van der Waals surface area contributed by atoms with Crippen molar-refractivity contribution in [3.63, 3.8) is 0 Å². The number of carbonyl (C=O) groups excluding carboxylic acids is 2.